The van der Waals surface area contributed by atoms with Crippen LogP contribution in [0.25, 0.3) is 0 Å². The summed E-state index contributed by atoms with van der Waals surface area (Å²) in [5, 5.41) is 8.99. The van der Waals surface area contributed by atoms with Gasteiger partial charge in [-0.2, -0.15) is 0 Å². The van der Waals surface area contributed by atoms with Crippen molar-refractivity contribution in [2.24, 2.45) is 0 Å². The summed E-state index contributed by atoms with van der Waals surface area (Å²) < 4.78 is 0. The van der Waals surface area contributed by atoms with Crippen molar-refractivity contribution in [2.75, 3.05) is 6.54 Å². The molecule has 0 aromatic heterocycles. The van der Waals surface area contributed by atoms with Crippen LogP contribution in [-0.4, -0.2) is 34.5 Å². The number of nitrogens with zero attached hydrogens (tertiary/aromatic N) is 1. The Balaban J connectivity index is 2.14. The first-order valence-corrected chi connectivity index (χ1v) is 6.94. The van der Waals surface area contributed by atoms with Gasteiger partial charge in [0, 0.05) is 12.1 Å². The molecule has 1 aromatic carbocycles. The molecule has 4 nitrogen and oxygen atoms in total. The van der Waals surface area contributed by atoms with E-state index in [4.69, 9.17) is 5.11 Å². The summed E-state index contributed by atoms with van der Waals surface area (Å²) in [6.07, 6.45) is 7.19. The summed E-state index contributed by atoms with van der Waals surface area (Å²) in [6.45, 7) is 2.73. The second-order valence-electron chi connectivity index (χ2n) is 4.98. The van der Waals surface area contributed by atoms with E-state index in [1.165, 1.54) is 12.1 Å². The Bertz CT molecular complexity index is 536. The fourth-order valence-electron chi connectivity index (χ4n) is 2.42. The lowest BCUT2D eigenvalue weighted by molar-refractivity contribution is 0.0697. The molecule has 20 heavy (non-hydrogen) atoms. The highest BCUT2D eigenvalue weighted by molar-refractivity contribution is 5.98. The van der Waals surface area contributed by atoms with Gasteiger partial charge in [0.25, 0.3) is 5.91 Å². The summed E-state index contributed by atoms with van der Waals surface area (Å²) in [4.78, 5) is 25.3. The van der Waals surface area contributed by atoms with Crippen molar-refractivity contribution in [1.29, 1.82) is 0 Å². The number of carbonyl (C=O) groups excluding carboxylic acids is 1. The van der Waals surface area contributed by atoms with E-state index >= 15 is 0 Å². The lowest BCUT2D eigenvalue weighted by Crippen LogP contribution is -2.36. The fourth-order valence-corrected chi connectivity index (χ4v) is 2.42. The van der Waals surface area contributed by atoms with Crippen LogP contribution in [0.1, 0.15) is 46.9 Å². The number of unbranched alkanes of at least 4 members (excludes halogenated alkanes) is 1. The van der Waals surface area contributed by atoms with E-state index in [1.54, 1.807) is 17.0 Å². The van der Waals surface area contributed by atoms with E-state index < -0.39 is 5.97 Å². The van der Waals surface area contributed by atoms with Gasteiger partial charge in [0.05, 0.1) is 11.6 Å². The second-order valence-corrected chi connectivity index (χ2v) is 4.98. The third kappa shape index (κ3) is 3.07. The number of hydrogen-bond donors (Lipinski definition) is 1. The molecule has 0 saturated carbocycles. The van der Waals surface area contributed by atoms with Gasteiger partial charge < -0.3 is 10.0 Å². The van der Waals surface area contributed by atoms with Crippen LogP contribution in [0.3, 0.4) is 0 Å². The van der Waals surface area contributed by atoms with Crippen LogP contribution < -0.4 is 0 Å². The number of carboxylic acid groups (broad SMARTS) is 1. The van der Waals surface area contributed by atoms with Gasteiger partial charge in [-0.05, 0) is 24.6 Å². The minimum Gasteiger partial charge on any atom is -0.478 e. The van der Waals surface area contributed by atoms with Crippen LogP contribution in [-0.2, 0) is 0 Å². The van der Waals surface area contributed by atoms with Gasteiger partial charge in [-0.1, -0.05) is 38.0 Å². The van der Waals surface area contributed by atoms with Crippen molar-refractivity contribution >= 4 is 11.9 Å². The molecule has 106 valence electrons. The zero-order valence-corrected chi connectivity index (χ0v) is 11.6. The first kappa shape index (κ1) is 14.3. The molecular weight excluding hydrogens is 254 g/mol. The van der Waals surface area contributed by atoms with Crippen molar-refractivity contribution in [3.63, 3.8) is 0 Å². The van der Waals surface area contributed by atoms with E-state index in [9.17, 15) is 9.59 Å². The number of aromatic carboxylic acids is 1. The van der Waals surface area contributed by atoms with Gasteiger partial charge in [-0.15, -0.1) is 0 Å². The van der Waals surface area contributed by atoms with E-state index in [2.05, 4.69) is 13.0 Å². The number of amides is 1. The molecule has 1 aliphatic heterocycles. The maximum absolute atomic E-state index is 12.5. The van der Waals surface area contributed by atoms with Crippen LogP contribution in [0.15, 0.2) is 36.4 Å². The van der Waals surface area contributed by atoms with E-state index in [1.807, 2.05) is 6.08 Å². The van der Waals surface area contributed by atoms with Crippen LogP contribution in [0.2, 0.25) is 0 Å². The first-order valence-electron chi connectivity index (χ1n) is 6.94. The molecule has 1 aromatic rings. The molecule has 1 N–H and O–H groups in total. The molecule has 1 atom stereocenters. The number of rotatable bonds is 5. The predicted molar refractivity (Wildman–Crippen MR) is 76.9 cm³/mol. The molecule has 0 radical (unpaired) electrons. The van der Waals surface area contributed by atoms with E-state index in [0.29, 0.717) is 12.1 Å². The van der Waals surface area contributed by atoms with Crippen LogP contribution >= 0.6 is 0 Å². The van der Waals surface area contributed by atoms with Gasteiger partial charge in [-0.3, -0.25) is 4.79 Å². The average Bonchev–Trinajstić information content (AvgIpc) is 2.92. The molecule has 0 unspecified atom stereocenters. The molecule has 2 rings (SSSR count). The molecule has 1 amide bonds. The molecule has 4 heteroatoms. The average molecular weight is 273 g/mol. The number of carboxylic acids is 1. The highest BCUT2D eigenvalue weighted by atomic mass is 16.4. The second kappa shape index (κ2) is 6.37. The molecule has 0 bridgehead atoms. The monoisotopic (exact) mass is 273 g/mol. The lowest BCUT2D eigenvalue weighted by Gasteiger charge is -2.24. The topological polar surface area (TPSA) is 57.6 Å². The summed E-state index contributed by atoms with van der Waals surface area (Å²) in [5.74, 6) is -1.11. The van der Waals surface area contributed by atoms with Gasteiger partial charge in [0.15, 0.2) is 0 Å². The summed E-state index contributed by atoms with van der Waals surface area (Å²) in [5.41, 5.74) is 0.586. The molecule has 0 saturated heterocycles. The largest absolute Gasteiger partial charge is 0.478 e. The standard InChI is InChI=1S/C16H19NO3/c1-2-3-8-14-9-5-10-17(14)15(18)12-6-4-7-13(11-12)16(19)20/h4-7,9,11,14H,2-3,8,10H2,1H3,(H,19,20)/t14-/m1/s1. The Hall–Kier alpha value is -2.10. The van der Waals surface area contributed by atoms with Gasteiger partial charge in [-0.25, -0.2) is 4.79 Å². The van der Waals surface area contributed by atoms with Crippen molar-refractivity contribution in [1.82, 2.24) is 4.90 Å². The van der Waals surface area contributed by atoms with Gasteiger partial charge in [0.1, 0.15) is 0 Å². The number of hydrogen-bond acceptors (Lipinski definition) is 2. The van der Waals surface area contributed by atoms with Crippen molar-refractivity contribution in [3.8, 4) is 0 Å². The predicted octanol–water partition coefficient (Wildman–Crippen LogP) is 2.96. The van der Waals surface area contributed by atoms with Gasteiger partial charge >= 0.3 is 5.97 Å². The highest BCUT2D eigenvalue weighted by Gasteiger charge is 2.25. The van der Waals surface area contributed by atoms with Crippen molar-refractivity contribution in [2.45, 2.75) is 32.2 Å². The first-order chi connectivity index (χ1) is 9.63. The lowest BCUT2D eigenvalue weighted by atomic mass is 10.1. The summed E-state index contributed by atoms with van der Waals surface area (Å²) >= 11 is 0. The summed E-state index contributed by atoms with van der Waals surface area (Å²) in [6, 6.07) is 6.36. The van der Waals surface area contributed by atoms with E-state index in [-0.39, 0.29) is 17.5 Å². The van der Waals surface area contributed by atoms with Crippen LogP contribution in [0.5, 0.6) is 0 Å². The van der Waals surface area contributed by atoms with E-state index in [0.717, 1.165) is 19.3 Å². The molecule has 0 spiro atoms. The Kier molecular flexibility index (Phi) is 4.56. The molecular formula is C16H19NO3. The van der Waals surface area contributed by atoms with Crippen LogP contribution in [0.4, 0.5) is 0 Å². The Morgan fingerprint density at radius 1 is 1.35 bits per heavy atom. The Morgan fingerprint density at radius 2 is 2.10 bits per heavy atom. The fraction of sp³-hybridized carbons (Fsp3) is 0.375. The minimum atomic E-state index is -1.01. The number of carbonyl (C=O) groups is 2. The maximum Gasteiger partial charge on any atom is 0.335 e. The zero-order valence-electron chi connectivity index (χ0n) is 11.6. The quantitative estimate of drug-likeness (QED) is 0.839. The van der Waals surface area contributed by atoms with Crippen molar-refractivity contribution < 1.29 is 14.7 Å². The smallest absolute Gasteiger partial charge is 0.335 e. The SMILES string of the molecule is CCCC[C@@H]1C=CCN1C(=O)c1cccc(C(=O)O)c1. The molecule has 1 heterocycles. The van der Waals surface area contributed by atoms with Crippen molar-refractivity contribution in [3.05, 3.63) is 47.5 Å². The highest BCUT2D eigenvalue weighted by Crippen LogP contribution is 2.19. The van der Waals surface area contributed by atoms with Crippen LogP contribution in [0, 0.1) is 0 Å². The third-order valence-corrected chi connectivity index (χ3v) is 3.53. The molecule has 0 aliphatic carbocycles. The minimum absolute atomic E-state index is 0.0980. The molecule has 0 fully saturated rings. The van der Waals surface area contributed by atoms with Gasteiger partial charge in [0.2, 0.25) is 0 Å². The zero-order chi connectivity index (χ0) is 14.5. The molecule has 1 aliphatic rings. The third-order valence-electron chi connectivity index (χ3n) is 3.53. The number of benzene rings is 1. The Morgan fingerprint density at radius 3 is 2.80 bits per heavy atom. The maximum atomic E-state index is 12.5. The summed E-state index contributed by atoms with van der Waals surface area (Å²) in [7, 11) is 0. The Labute approximate surface area is 118 Å². The normalized spacial score (nSPS) is 17.4.